The summed E-state index contributed by atoms with van der Waals surface area (Å²) in [7, 11) is 0. The van der Waals surface area contributed by atoms with E-state index in [1.54, 1.807) is 13.1 Å². The highest BCUT2D eigenvalue weighted by molar-refractivity contribution is 5.78. The van der Waals surface area contributed by atoms with Gasteiger partial charge in [0, 0.05) is 30.9 Å². The van der Waals surface area contributed by atoms with E-state index in [1.165, 1.54) is 0 Å². The quantitative estimate of drug-likeness (QED) is 0.839. The fourth-order valence-electron chi connectivity index (χ4n) is 3.40. The summed E-state index contributed by atoms with van der Waals surface area (Å²) >= 11 is 0. The molecule has 23 heavy (non-hydrogen) atoms. The van der Waals surface area contributed by atoms with E-state index in [0.717, 1.165) is 5.69 Å². The second kappa shape index (κ2) is 5.73. The Morgan fingerprint density at radius 2 is 2.30 bits per heavy atom. The zero-order chi connectivity index (χ0) is 15.8. The van der Waals surface area contributed by atoms with E-state index in [0.29, 0.717) is 37.8 Å². The zero-order valence-electron chi connectivity index (χ0n) is 12.9. The molecule has 0 spiro atoms. The minimum absolute atomic E-state index is 0.0555. The molecule has 0 radical (unpaired) electrons. The Morgan fingerprint density at radius 1 is 1.39 bits per heavy atom. The van der Waals surface area contributed by atoms with Gasteiger partial charge < -0.3 is 14.2 Å². The van der Waals surface area contributed by atoms with Gasteiger partial charge in [-0.3, -0.25) is 9.78 Å². The van der Waals surface area contributed by atoms with Crippen LogP contribution >= 0.6 is 0 Å². The van der Waals surface area contributed by atoms with Crippen LogP contribution in [0.5, 0.6) is 0 Å². The number of carbonyl (C=O) groups is 1. The highest BCUT2D eigenvalue weighted by Crippen LogP contribution is 2.39. The highest BCUT2D eigenvalue weighted by Gasteiger charge is 2.47. The van der Waals surface area contributed by atoms with Crippen molar-refractivity contribution in [3.05, 3.63) is 41.8 Å². The van der Waals surface area contributed by atoms with Crippen molar-refractivity contribution in [2.75, 3.05) is 19.7 Å². The number of pyridine rings is 1. The van der Waals surface area contributed by atoms with E-state index in [-0.39, 0.29) is 23.8 Å². The second-order valence-electron chi connectivity index (χ2n) is 6.12. The fraction of sp³-hybridized carbons (Fsp3) is 0.500. The van der Waals surface area contributed by atoms with Crippen LogP contribution in [0.25, 0.3) is 0 Å². The van der Waals surface area contributed by atoms with Crippen LogP contribution in [0.15, 0.2) is 28.9 Å². The van der Waals surface area contributed by atoms with Crippen molar-refractivity contribution in [1.82, 2.24) is 20.0 Å². The van der Waals surface area contributed by atoms with Gasteiger partial charge in [-0.1, -0.05) is 11.2 Å². The van der Waals surface area contributed by atoms with Gasteiger partial charge in [-0.05, 0) is 19.1 Å². The maximum atomic E-state index is 12.5. The van der Waals surface area contributed by atoms with Gasteiger partial charge in [0.1, 0.15) is 0 Å². The Balaban J connectivity index is 1.43. The lowest BCUT2D eigenvalue weighted by Crippen LogP contribution is -2.32. The van der Waals surface area contributed by atoms with Gasteiger partial charge in [-0.25, -0.2) is 0 Å². The summed E-state index contributed by atoms with van der Waals surface area (Å²) in [5, 5.41) is 3.85. The van der Waals surface area contributed by atoms with Crippen molar-refractivity contribution in [3.63, 3.8) is 0 Å². The minimum Gasteiger partial charge on any atom is -0.375 e. The maximum Gasteiger partial charge on any atom is 0.232 e. The van der Waals surface area contributed by atoms with E-state index in [9.17, 15) is 4.79 Å². The second-order valence-corrected chi connectivity index (χ2v) is 6.12. The third-order valence-electron chi connectivity index (χ3n) is 4.59. The van der Waals surface area contributed by atoms with Crippen LogP contribution < -0.4 is 0 Å². The van der Waals surface area contributed by atoms with Crippen LogP contribution in [0.1, 0.15) is 23.3 Å². The lowest BCUT2D eigenvalue weighted by molar-refractivity contribution is -0.130. The average Bonchev–Trinajstić information content (AvgIpc) is 3.23. The zero-order valence-corrected chi connectivity index (χ0v) is 12.9. The molecule has 3 atom stereocenters. The fourth-order valence-corrected chi connectivity index (χ4v) is 3.40. The van der Waals surface area contributed by atoms with Gasteiger partial charge in [0.05, 0.1) is 25.0 Å². The number of hydrogen-bond donors (Lipinski definition) is 0. The Hall–Kier alpha value is -2.28. The monoisotopic (exact) mass is 314 g/mol. The minimum atomic E-state index is 0.0555. The SMILES string of the molecule is Cc1noc([C@H]2CO[C@@H]3CN(C(=O)Cc4ccccn4)C[C@H]23)n1. The maximum absolute atomic E-state index is 12.5. The summed E-state index contributed by atoms with van der Waals surface area (Å²) < 4.78 is 11.1. The first-order valence-electron chi connectivity index (χ1n) is 7.80. The largest absolute Gasteiger partial charge is 0.375 e. The van der Waals surface area contributed by atoms with Crippen molar-refractivity contribution in [3.8, 4) is 0 Å². The van der Waals surface area contributed by atoms with Crippen LogP contribution in [0.2, 0.25) is 0 Å². The number of likely N-dealkylation sites (tertiary alicyclic amines) is 1. The molecule has 2 aliphatic rings. The van der Waals surface area contributed by atoms with Crippen molar-refractivity contribution in [1.29, 1.82) is 0 Å². The lowest BCUT2D eigenvalue weighted by Gasteiger charge is -2.18. The molecule has 0 N–H and O–H groups in total. The number of hydrogen-bond acceptors (Lipinski definition) is 6. The smallest absolute Gasteiger partial charge is 0.232 e. The van der Waals surface area contributed by atoms with Crippen LogP contribution in [-0.4, -0.2) is 51.7 Å². The molecular weight excluding hydrogens is 296 g/mol. The summed E-state index contributed by atoms with van der Waals surface area (Å²) in [6, 6.07) is 5.61. The molecule has 7 heteroatoms. The van der Waals surface area contributed by atoms with Crippen molar-refractivity contribution >= 4 is 5.91 Å². The number of fused-ring (bicyclic) bond motifs is 1. The molecule has 0 bridgehead atoms. The van der Waals surface area contributed by atoms with E-state index in [4.69, 9.17) is 9.26 Å². The topological polar surface area (TPSA) is 81.4 Å². The summed E-state index contributed by atoms with van der Waals surface area (Å²) in [4.78, 5) is 22.9. The van der Waals surface area contributed by atoms with Crippen molar-refractivity contribution in [2.45, 2.75) is 25.4 Å². The molecule has 2 aliphatic heterocycles. The molecular formula is C16H18N4O3. The van der Waals surface area contributed by atoms with E-state index in [1.807, 2.05) is 23.1 Å². The van der Waals surface area contributed by atoms with E-state index >= 15 is 0 Å². The summed E-state index contributed by atoms with van der Waals surface area (Å²) in [5.41, 5.74) is 0.791. The molecule has 2 aromatic heterocycles. The highest BCUT2D eigenvalue weighted by atomic mass is 16.5. The molecule has 4 rings (SSSR count). The Kier molecular flexibility index (Phi) is 3.57. The Morgan fingerprint density at radius 3 is 3.04 bits per heavy atom. The van der Waals surface area contributed by atoms with Crippen molar-refractivity contribution in [2.24, 2.45) is 5.92 Å². The lowest BCUT2D eigenvalue weighted by atomic mass is 9.93. The molecule has 1 amide bonds. The van der Waals surface area contributed by atoms with Crippen LogP contribution in [-0.2, 0) is 16.0 Å². The average molecular weight is 314 g/mol. The molecule has 4 heterocycles. The van der Waals surface area contributed by atoms with E-state index < -0.39 is 0 Å². The summed E-state index contributed by atoms with van der Waals surface area (Å²) in [5.74, 6) is 1.64. The molecule has 7 nitrogen and oxygen atoms in total. The number of carbonyl (C=O) groups excluding carboxylic acids is 1. The summed E-state index contributed by atoms with van der Waals surface area (Å²) in [6.45, 7) is 3.68. The van der Waals surface area contributed by atoms with Gasteiger partial charge >= 0.3 is 0 Å². The van der Waals surface area contributed by atoms with Gasteiger partial charge in [-0.2, -0.15) is 4.98 Å². The normalized spacial score (nSPS) is 26.5. The standard InChI is InChI=1S/C16H18N4O3/c1-10-18-16(23-19-10)13-9-22-14-8-20(7-12(13)14)15(21)6-11-4-2-3-5-17-11/h2-5,12-14H,6-9H2,1H3/t12-,13+,14-/m1/s1. The van der Waals surface area contributed by atoms with Gasteiger partial charge in [-0.15, -0.1) is 0 Å². The number of amides is 1. The van der Waals surface area contributed by atoms with Crippen LogP contribution in [0, 0.1) is 12.8 Å². The molecule has 0 saturated carbocycles. The molecule has 2 fully saturated rings. The van der Waals surface area contributed by atoms with Crippen molar-refractivity contribution < 1.29 is 14.1 Å². The molecule has 2 aromatic rings. The Labute approximate surface area is 133 Å². The van der Waals surface area contributed by atoms with Gasteiger partial charge in [0.25, 0.3) is 0 Å². The van der Waals surface area contributed by atoms with Gasteiger partial charge in [0.15, 0.2) is 5.82 Å². The van der Waals surface area contributed by atoms with Gasteiger partial charge in [0.2, 0.25) is 11.8 Å². The molecule has 0 aromatic carbocycles. The number of aromatic nitrogens is 3. The molecule has 0 unspecified atom stereocenters. The molecule has 120 valence electrons. The van der Waals surface area contributed by atoms with E-state index in [2.05, 4.69) is 15.1 Å². The number of rotatable bonds is 3. The first-order chi connectivity index (χ1) is 11.2. The Bertz CT molecular complexity index is 702. The van der Waals surface area contributed by atoms with Crippen LogP contribution in [0.3, 0.4) is 0 Å². The first-order valence-corrected chi connectivity index (χ1v) is 7.80. The predicted octanol–water partition coefficient (Wildman–Crippen LogP) is 0.957. The van der Waals surface area contributed by atoms with Crippen LogP contribution in [0.4, 0.5) is 0 Å². The molecule has 2 saturated heterocycles. The molecule has 0 aliphatic carbocycles. The first kappa shape index (κ1) is 14.3. The predicted molar refractivity (Wildman–Crippen MR) is 79.5 cm³/mol. The third-order valence-corrected chi connectivity index (χ3v) is 4.59. The summed E-state index contributed by atoms with van der Waals surface area (Å²) in [6.07, 6.45) is 2.09. The third kappa shape index (κ3) is 2.72. The number of aryl methyl sites for hydroxylation is 1. The number of nitrogens with zero attached hydrogens (tertiary/aromatic N) is 4. The number of ether oxygens (including phenoxy) is 1.